The number of hydrogen-bond acceptors (Lipinski definition) is 4. The van der Waals surface area contributed by atoms with Gasteiger partial charge in [0.25, 0.3) is 0 Å². The fraction of sp³-hybridized carbons (Fsp3) is 0.125. The van der Waals surface area contributed by atoms with Gasteiger partial charge in [0.05, 0.1) is 7.11 Å². The number of methoxy groups -OCH3 is 1. The van der Waals surface area contributed by atoms with Gasteiger partial charge in [-0.1, -0.05) is 30.3 Å². The molecule has 4 nitrogen and oxygen atoms in total. The first-order valence-electron chi connectivity index (χ1n) is 6.42. The molecule has 0 aliphatic heterocycles. The van der Waals surface area contributed by atoms with Crippen molar-refractivity contribution in [3.63, 3.8) is 0 Å². The Kier molecular flexibility index (Phi) is 3.50. The van der Waals surface area contributed by atoms with E-state index in [1.165, 1.54) is 25.6 Å². The van der Waals surface area contributed by atoms with Crippen LogP contribution < -0.4 is 4.74 Å². The molecular formula is C16H13FN2O2. The lowest BCUT2D eigenvalue weighted by atomic mass is 9.98. The molecule has 106 valence electrons. The van der Waals surface area contributed by atoms with Gasteiger partial charge in [-0.05, 0) is 17.0 Å². The number of nitrogens with zero attached hydrogens (tertiary/aromatic N) is 2. The summed E-state index contributed by atoms with van der Waals surface area (Å²) in [6.45, 7) is 0. The molecule has 1 atom stereocenters. The summed E-state index contributed by atoms with van der Waals surface area (Å²) in [5, 5.41) is 11.7. The van der Waals surface area contributed by atoms with E-state index in [-0.39, 0.29) is 11.7 Å². The standard InChI is InChI=1S/C16H13FN2O2/c1-21-16-14(18-8-9-19-16)15(20)12-6-7-13(17)11-5-3-2-4-10(11)12/h2-9,15,20H,1H3. The molecule has 5 heteroatoms. The average molecular weight is 284 g/mol. The third-order valence-corrected chi connectivity index (χ3v) is 3.34. The summed E-state index contributed by atoms with van der Waals surface area (Å²) in [5.41, 5.74) is 0.863. The Morgan fingerprint density at radius 2 is 1.76 bits per heavy atom. The van der Waals surface area contributed by atoms with Crippen LogP contribution >= 0.6 is 0 Å². The van der Waals surface area contributed by atoms with Crippen LogP contribution in [0.2, 0.25) is 0 Å². The number of aliphatic hydroxyl groups is 1. The molecule has 0 fully saturated rings. The fourth-order valence-electron chi connectivity index (χ4n) is 2.35. The van der Waals surface area contributed by atoms with Crippen molar-refractivity contribution < 1.29 is 14.2 Å². The zero-order valence-corrected chi connectivity index (χ0v) is 11.3. The van der Waals surface area contributed by atoms with Crippen LogP contribution in [0.5, 0.6) is 5.88 Å². The topological polar surface area (TPSA) is 55.2 Å². The minimum Gasteiger partial charge on any atom is -0.480 e. The molecule has 1 aromatic heterocycles. The minimum atomic E-state index is -1.04. The lowest BCUT2D eigenvalue weighted by Crippen LogP contribution is -2.07. The summed E-state index contributed by atoms with van der Waals surface area (Å²) in [5.74, 6) is -0.0777. The molecule has 0 spiro atoms. The van der Waals surface area contributed by atoms with Crippen LogP contribution in [0.15, 0.2) is 48.8 Å². The molecule has 0 aliphatic rings. The Hall–Kier alpha value is -2.53. The van der Waals surface area contributed by atoms with Gasteiger partial charge in [-0.15, -0.1) is 0 Å². The van der Waals surface area contributed by atoms with E-state index >= 15 is 0 Å². The molecule has 0 amide bonds. The van der Waals surface area contributed by atoms with E-state index in [2.05, 4.69) is 9.97 Å². The Morgan fingerprint density at radius 3 is 2.52 bits per heavy atom. The molecular weight excluding hydrogens is 271 g/mol. The van der Waals surface area contributed by atoms with E-state index in [4.69, 9.17) is 4.74 Å². The lowest BCUT2D eigenvalue weighted by Gasteiger charge is -2.15. The second kappa shape index (κ2) is 5.46. The third kappa shape index (κ3) is 2.32. The van der Waals surface area contributed by atoms with Crippen LogP contribution in [0.25, 0.3) is 10.8 Å². The van der Waals surface area contributed by atoms with Gasteiger partial charge in [0, 0.05) is 17.8 Å². The highest BCUT2D eigenvalue weighted by Crippen LogP contribution is 2.32. The van der Waals surface area contributed by atoms with Crippen molar-refractivity contribution in [1.82, 2.24) is 9.97 Å². The number of benzene rings is 2. The maximum atomic E-state index is 13.8. The van der Waals surface area contributed by atoms with Crippen molar-refractivity contribution in [2.75, 3.05) is 7.11 Å². The Balaban J connectivity index is 2.18. The highest BCUT2D eigenvalue weighted by Gasteiger charge is 2.20. The quantitative estimate of drug-likeness (QED) is 0.803. The van der Waals surface area contributed by atoms with E-state index in [1.54, 1.807) is 30.3 Å². The minimum absolute atomic E-state index is 0.249. The third-order valence-electron chi connectivity index (χ3n) is 3.34. The molecule has 1 heterocycles. The number of halogens is 1. The van der Waals surface area contributed by atoms with Crippen molar-refractivity contribution in [3.05, 3.63) is 65.9 Å². The number of aliphatic hydroxyl groups excluding tert-OH is 1. The zero-order chi connectivity index (χ0) is 14.8. The maximum absolute atomic E-state index is 13.8. The van der Waals surface area contributed by atoms with Crippen molar-refractivity contribution in [3.8, 4) is 5.88 Å². The van der Waals surface area contributed by atoms with E-state index < -0.39 is 6.10 Å². The Labute approximate surface area is 120 Å². The van der Waals surface area contributed by atoms with Gasteiger partial charge in [0.1, 0.15) is 17.6 Å². The summed E-state index contributed by atoms with van der Waals surface area (Å²) < 4.78 is 19.0. The van der Waals surface area contributed by atoms with E-state index in [9.17, 15) is 9.50 Å². The smallest absolute Gasteiger partial charge is 0.238 e. The van der Waals surface area contributed by atoms with Gasteiger partial charge < -0.3 is 9.84 Å². The Morgan fingerprint density at radius 1 is 1.05 bits per heavy atom. The van der Waals surface area contributed by atoms with Crippen LogP contribution in [-0.4, -0.2) is 22.2 Å². The fourth-order valence-corrected chi connectivity index (χ4v) is 2.35. The SMILES string of the molecule is COc1nccnc1C(O)c1ccc(F)c2ccccc12. The van der Waals surface area contributed by atoms with Gasteiger partial charge in [-0.2, -0.15) is 0 Å². The van der Waals surface area contributed by atoms with Crippen molar-refractivity contribution in [2.45, 2.75) is 6.10 Å². The molecule has 21 heavy (non-hydrogen) atoms. The molecule has 3 aromatic rings. The molecule has 0 aliphatic carbocycles. The van der Waals surface area contributed by atoms with E-state index in [1.807, 2.05) is 0 Å². The van der Waals surface area contributed by atoms with Crippen LogP contribution in [0.4, 0.5) is 4.39 Å². The van der Waals surface area contributed by atoms with Crippen LogP contribution in [0.1, 0.15) is 17.4 Å². The summed E-state index contributed by atoms with van der Waals surface area (Å²) in [6.07, 6.45) is 1.92. The lowest BCUT2D eigenvalue weighted by molar-refractivity contribution is 0.209. The second-order valence-electron chi connectivity index (χ2n) is 4.54. The highest BCUT2D eigenvalue weighted by molar-refractivity contribution is 5.86. The monoisotopic (exact) mass is 284 g/mol. The second-order valence-corrected chi connectivity index (χ2v) is 4.54. The van der Waals surface area contributed by atoms with Crippen LogP contribution in [0, 0.1) is 5.82 Å². The van der Waals surface area contributed by atoms with Gasteiger partial charge in [-0.3, -0.25) is 4.98 Å². The van der Waals surface area contributed by atoms with E-state index in [0.717, 1.165) is 0 Å². The summed E-state index contributed by atoms with van der Waals surface area (Å²) in [6, 6.07) is 9.88. The maximum Gasteiger partial charge on any atom is 0.238 e. The molecule has 0 saturated heterocycles. The summed E-state index contributed by atoms with van der Waals surface area (Å²) in [4.78, 5) is 8.15. The molecule has 0 saturated carbocycles. The summed E-state index contributed by atoms with van der Waals surface area (Å²) in [7, 11) is 1.46. The summed E-state index contributed by atoms with van der Waals surface area (Å²) >= 11 is 0. The first kappa shape index (κ1) is 13.5. The number of fused-ring (bicyclic) bond motifs is 1. The van der Waals surface area contributed by atoms with Crippen LogP contribution in [0.3, 0.4) is 0 Å². The van der Waals surface area contributed by atoms with Crippen molar-refractivity contribution in [1.29, 1.82) is 0 Å². The Bertz CT molecular complexity index is 792. The van der Waals surface area contributed by atoms with Gasteiger partial charge >= 0.3 is 0 Å². The molecule has 2 aromatic carbocycles. The number of rotatable bonds is 3. The molecule has 0 radical (unpaired) electrons. The molecule has 1 unspecified atom stereocenters. The molecule has 1 N–H and O–H groups in total. The van der Waals surface area contributed by atoms with Gasteiger partial charge in [0.2, 0.25) is 5.88 Å². The van der Waals surface area contributed by atoms with Gasteiger partial charge in [-0.25, -0.2) is 9.37 Å². The number of hydrogen-bond donors (Lipinski definition) is 1. The zero-order valence-electron chi connectivity index (χ0n) is 11.3. The van der Waals surface area contributed by atoms with Crippen LogP contribution in [-0.2, 0) is 0 Å². The van der Waals surface area contributed by atoms with Crippen molar-refractivity contribution in [2.24, 2.45) is 0 Å². The first-order chi connectivity index (χ1) is 10.2. The largest absolute Gasteiger partial charge is 0.480 e. The van der Waals surface area contributed by atoms with Crippen molar-refractivity contribution >= 4 is 10.8 Å². The number of ether oxygens (including phenoxy) is 1. The van der Waals surface area contributed by atoms with E-state index in [0.29, 0.717) is 22.0 Å². The predicted molar refractivity (Wildman–Crippen MR) is 76.6 cm³/mol. The first-order valence-corrected chi connectivity index (χ1v) is 6.42. The normalized spacial score (nSPS) is 12.3. The molecule has 0 bridgehead atoms. The molecule has 3 rings (SSSR count). The highest BCUT2D eigenvalue weighted by atomic mass is 19.1. The van der Waals surface area contributed by atoms with Gasteiger partial charge in [0.15, 0.2) is 0 Å². The average Bonchev–Trinajstić information content (AvgIpc) is 2.55. The number of aromatic nitrogens is 2. The predicted octanol–water partition coefficient (Wildman–Crippen LogP) is 2.86.